The van der Waals surface area contributed by atoms with E-state index in [1.807, 2.05) is 14.1 Å². The van der Waals surface area contributed by atoms with E-state index in [9.17, 15) is 18.4 Å². The molecule has 0 aliphatic carbocycles. The van der Waals surface area contributed by atoms with E-state index in [-0.39, 0.29) is 23.1 Å². The van der Waals surface area contributed by atoms with Crippen molar-refractivity contribution in [2.45, 2.75) is 18.3 Å². The van der Waals surface area contributed by atoms with Gasteiger partial charge in [0, 0.05) is 11.6 Å². The van der Waals surface area contributed by atoms with Gasteiger partial charge >= 0.3 is 0 Å². The fraction of sp³-hybridized carbons (Fsp3) is 0.500. The van der Waals surface area contributed by atoms with E-state index >= 15 is 0 Å². The lowest BCUT2D eigenvalue weighted by molar-refractivity contribution is -0.856. The molecular weight excluding hydrogens is 336 g/mol. The average Bonchev–Trinajstić information content (AvgIpc) is 2.87. The first kappa shape index (κ1) is 18.7. The third kappa shape index (κ3) is 4.24. The van der Waals surface area contributed by atoms with E-state index < -0.39 is 23.1 Å². The van der Waals surface area contributed by atoms with Gasteiger partial charge in [-0.1, -0.05) is 6.07 Å². The molecule has 1 aliphatic rings. The number of nitrogens with one attached hydrogen (secondary N) is 2. The van der Waals surface area contributed by atoms with Crippen molar-refractivity contribution in [1.29, 1.82) is 0 Å². The second-order valence-electron chi connectivity index (χ2n) is 6.05. The first-order valence-corrected chi connectivity index (χ1v) is 8.80. The molecule has 0 radical (unpaired) electrons. The maximum atomic E-state index is 14.1. The van der Waals surface area contributed by atoms with Gasteiger partial charge in [-0.3, -0.25) is 9.59 Å². The van der Waals surface area contributed by atoms with Gasteiger partial charge in [0.1, 0.15) is 23.1 Å². The van der Waals surface area contributed by atoms with Crippen LogP contribution in [0.25, 0.3) is 0 Å². The van der Waals surface area contributed by atoms with E-state index in [4.69, 9.17) is 0 Å². The van der Waals surface area contributed by atoms with Crippen molar-refractivity contribution in [3.8, 4) is 0 Å². The minimum atomic E-state index is -0.723. The van der Waals surface area contributed by atoms with Crippen LogP contribution in [0.15, 0.2) is 18.2 Å². The Kier molecular flexibility index (Phi) is 6.17. The van der Waals surface area contributed by atoms with Crippen LogP contribution in [-0.2, 0) is 9.59 Å². The lowest BCUT2D eigenvalue weighted by atomic mass is 10.1. The Labute approximate surface area is 144 Å². The summed E-state index contributed by atoms with van der Waals surface area (Å²) in [4.78, 5) is 27.1. The number of hydrogen-bond acceptors (Lipinski definition) is 3. The molecule has 1 fully saturated rings. The number of benzene rings is 1. The van der Waals surface area contributed by atoms with E-state index in [2.05, 4.69) is 5.32 Å². The molecule has 2 atom stereocenters. The van der Waals surface area contributed by atoms with E-state index in [0.29, 0.717) is 6.54 Å². The molecule has 8 heteroatoms. The molecule has 0 aromatic heterocycles. The highest BCUT2D eigenvalue weighted by Gasteiger charge is 2.39. The fourth-order valence-corrected chi connectivity index (χ4v) is 3.79. The van der Waals surface area contributed by atoms with Crippen LogP contribution in [0.1, 0.15) is 17.9 Å². The van der Waals surface area contributed by atoms with Crippen molar-refractivity contribution in [2.75, 3.05) is 32.9 Å². The standard InChI is InChI=1S/C16H21F2N3O2S/c1-10(15(23)19-6-7-20(2)3)21-14(22)9-24-16(21)12-5-4-11(17)8-13(12)18/h4-5,8,10,16H,6-7,9H2,1-3H3,(H,19,23)/p+1/t10-,16-/m0/s1. The third-order valence-corrected chi connectivity index (χ3v) is 5.07. The van der Waals surface area contributed by atoms with Crippen molar-refractivity contribution >= 4 is 23.6 Å². The van der Waals surface area contributed by atoms with Gasteiger partial charge in [0.15, 0.2) is 0 Å². The van der Waals surface area contributed by atoms with E-state index in [0.717, 1.165) is 18.7 Å². The Morgan fingerprint density at radius 2 is 2.17 bits per heavy atom. The summed E-state index contributed by atoms with van der Waals surface area (Å²) in [5, 5.41) is 2.16. The van der Waals surface area contributed by atoms with Crippen LogP contribution in [0.4, 0.5) is 8.78 Å². The first-order chi connectivity index (χ1) is 11.3. The molecule has 0 unspecified atom stereocenters. The topological polar surface area (TPSA) is 53.9 Å². The molecule has 0 spiro atoms. The van der Waals surface area contributed by atoms with E-state index in [1.54, 1.807) is 6.92 Å². The number of carbonyl (C=O) groups excluding carboxylic acids is 2. The summed E-state index contributed by atoms with van der Waals surface area (Å²) >= 11 is 1.24. The number of thioether (sulfide) groups is 1. The summed E-state index contributed by atoms with van der Waals surface area (Å²) in [6.07, 6.45) is 0. The molecule has 2 amide bonds. The summed E-state index contributed by atoms with van der Waals surface area (Å²) in [5.41, 5.74) is 0.213. The maximum Gasteiger partial charge on any atom is 0.242 e. The van der Waals surface area contributed by atoms with Crippen molar-refractivity contribution in [2.24, 2.45) is 0 Å². The lowest BCUT2D eigenvalue weighted by Gasteiger charge is -2.29. The molecule has 2 rings (SSSR count). The van der Waals surface area contributed by atoms with Gasteiger partial charge in [0.25, 0.3) is 0 Å². The number of quaternary nitrogens is 1. The Hall–Kier alpha value is -1.67. The van der Waals surface area contributed by atoms with Gasteiger partial charge < -0.3 is 15.1 Å². The number of hydrogen-bond donors (Lipinski definition) is 2. The Bertz CT molecular complexity index is 627. The van der Waals surface area contributed by atoms with Crippen molar-refractivity contribution in [3.63, 3.8) is 0 Å². The number of rotatable bonds is 6. The van der Waals surface area contributed by atoms with Crippen molar-refractivity contribution in [3.05, 3.63) is 35.4 Å². The molecule has 5 nitrogen and oxygen atoms in total. The number of nitrogens with zero attached hydrogens (tertiary/aromatic N) is 1. The third-order valence-electron chi connectivity index (χ3n) is 3.85. The highest BCUT2D eigenvalue weighted by molar-refractivity contribution is 8.00. The molecule has 1 heterocycles. The Morgan fingerprint density at radius 1 is 1.46 bits per heavy atom. The van der Waals surface area contributed by atoms with Gasteiger partial charge in [-0.25, -0.2) is 8.78 Å². The molecule has 1 aromatic rings. The molecule has 2 N–H and O–H groups in total. The number of halogens is 2. The molecule has 0 saturated carbocycles. The van der Waals surface area contributed by atoms with E-state index in [1.165, 1.54) is 27.6 Å². The van der Waals surface area contributed by atoms with Crippen LogP contribution in [0.5, 0.6) is 0 Å². The summed E-state index contributed by atoms with van der Waals surface area (Å²) in [7, 11) is 3.95. The van der Waals surface area contributed by atoms with Gasteiger partial charge in [0.05, 0.1) is 32.9 Å². The summed E-state index contributed by atoms with van der Waals surface area (Å²) < 4.78 is 27.2. The first-order valence-electron chi connectivity index (χ1n) is 7.75. The number of amides is 2. The zero-order valence-electron chi connectivity index (χ0n) is 13.9. The summed E-state index contributed by atoms with van der Waals surface area (Å²) in [5.74, 6) is -1.72. The van der Waals surface area contributed by atoms with Crippen LogP contribution < -0.4 is 10.2 Å². The second kappa shape index (κ2) is 7.94. The van der Waals surface area contributed by atoms with Crippen LogP contribution in [0.2, 0.25) is 0 Å². The summed E-state index contributed by atoms with van der Waals surface area (Å²) in [6.45, 7) is 2.88. The number of carbonyl (C=O) groups is 2. The zero-order chi connectivity index (χ0) is 17.9. The minimum absolute atomic E-state index is 0.168. The molecule has 1 aliphatic heterocycles. The molecule has 1 saturated heterocycles. The quantitative estimate of drug-likeness (QED) is 0.763. The molecule has 24 heavy (non-hydrogen) atoms. The molecular formula is C16H22F2N3O2S+. The van der Waals surface area contributed by atoms with Gasteiger partial charge in [-0.2, -0.15) is 0 Å². The largest absolute Gasteiger partial charge is 0.349 e. The van der Waals surface area contributed by atoms with Gasteiger partial charge in [-0.15, -0.1) is 11.8 Å². The van der Waals surface area contributed by atoms with Crippen LogP contribution in [-0.4, -0.2) is 55.7 Å². The minimum Gasteiger partial charge on any atom is -0.349 e. The average molecular weight is 358 g/mol. The monoisotopic (exact) mass is 358 g/mol. The highest BCUT2D eigenvalue weighted by Crippen LogP contribution is 2.41. The molecule has 132 valence electrons. The predicted molar refractivity (Wildman–Crippen MR) is 88.6 cm³/mol. The lowest BCUT2D eigenvalue weighted by Crippen LogP contribution is -3.06. The van der Waals surface area contributed by atoms with Crippen LogP contribution in [0.3, 0.4) is 0 Å². The fourth-order valence-electron chi connectivity index (χ4n) is 2.51. The highest BCUT2D eigenvalue weighted by atomic mass is 32.2. The van der Waals surface area contributed by atoms with Gasteiger partial charge in [0.2, 0.25) is 11.8 Å². The van der Waals surface area contributed by atoms with Crippen LogP contribution in [0, 0.1) is 11.6 Å². The second-order valence-corrected chi connectivity index (χ2v) is 7.12. The number of likely N-dealkylation sites (N-methyl/N-ethyl adjacent to an activating group) is 1. The zero-order valence-corrected chi connectivity index (χ0v) is 14.8. The Morgan fingerprint density at radius 3 is 2.79 bits per heavy atom. The van der Waals surface area contributed by atoms with Crippen molar-refractivity contribution < 1.29 is 23.3 Å². The Balaban J connectivity index is 2.13. The summed E-state index contributed by atoms with van der Waals surface area (Å²) in [6, 6.07) is 2.55. The smallest absolute Gasteiger partial charge is 0.242 e. The van der Waals surface area contributed by atoms with Gasteiger partial charge in [-0.05, 0) is 13.0 Å². The molecule has 0 bridgehead atoms. The normalized spacial score (nSPS) is 19.0. The maximum absolute atomic E-state index is 14.1. The molecule has 1 aromatic carbocycles. The predicted octanol–water partition coefficient (Wildman–Crippen LogP) is 0.188. The van der Waals surface area contributed by atoms with Crippen molar-refractivity contribution in [1.82, 2.24) is 10.2 Å². The SMILES string of the molecule is C[C@@H](C(=O)NCC[NH+](C)C)N1C(=O)CS[C@H]1c1ccc(F)cc1F. The van der Waals surface area contributed by atoms with Crippen LogP contribution >= 0.6 is 11.8 Å².